The highest BCUT2D eigenvalue weighted by atomic mass is 127. The van der Waals surface area contributed by atoms with Gasteiger partial charge in [0, 0.05) is 18.8 Å². The van der Waals surface area contributed by atoms with Gasteiger partial charge in [0.15, 0.2) is 0 Å². The van der Waals surface area contributed by atoms with E-state index >= 15 is 0 Å². The molecule has 4 bridgehead atoms. The summed E-state index contributed by atoms with van der Waals surface area (Å²) >= 11 is 2.40. The van der Waals surface area contributed by atoms with Crippen molar-refractivity contribution in [1.82, 2.24) is 15.1 Å². The fraction of sp³-hybridized carbons (Fsp3) is 0.850. The molecule has 4 nitrogen and oxygen atoms in total. The third kappa shape index (κ3) is 3.18. The van der Waals surface area contributed by atoms with Gasteiger partial charge >= 0.3 is 0 Å². The van der Waals surface area contributed by atoms with Crippen LogP contribution in [0.15, 0.2) is 6.20 Å². The highest BCUT2D eigenvalue weighted by molar-refractivity contribution is 14.1. The van der Waals surface area contributed by atoms with Crippen LogP contribution in [0.25, 0.3) is 0 Å². The Morgan fingerprint density at radius 1 is 1.16 bits per heavy atom. The molecule has 0 amide bonds. The maximum atomic E-state index is 6.62. The predicted octanol–water partition coefficient (Wildman–Crippen LogP) is 4.15. The van der Waals surface area contributed by atoms with Crippen molar-refractivity contribution in [3.63, 3.8) is 0 Å². The summed E-state index contributed by atoms with van der Waals surface area (Å²) in [6.45, 7) is 10.1. The monoisotopic (exact) mass is 457 g/mol. The minimum atomic E-state index is 0.0866. The first kappa shape index (κ1) is 18.2. The van der Waals surface area contributed by atoms with E-state index in [2.05, 4.69) is 53.4 Å². The molecule has 4 fully saturated rings. The molecule has 0 aromatic carbocycles. The number of hydrogen-bond donors (Lipinski definition) is 1. The smallest absolute Gasteiger partial charge is 0.0699 e. The largest absolute Gasteiger partial charge is 0.374 e. The summed E-state index contributed by atoms with van der Waals surface area (Å²) in [7, 11) is 2.01. The van der Waals surface area contributed by atoms with Crippen molar-refractivity contribution >= 4 is 22.6 Å². The number of nitrogens with zero attached hydrogens (tertiary/aromatic N) is 2. The van der Waals surface area contributed by atoms with E-state index in [0.717, 1.165) is 19.7 Å². The van der Waals surface area contributed by atoms with Crippen LogP contribution in [-0.4, -0.2) is 35.6 Å². The topological polar surface area (TPSA) is 39.1 Å². The zero-order valence-electron chi connectivity index (χ0n) is 16.1. The minimum Gasteiger partial charge on any atom is -0.374 e. The third-order valence-corrected chi connectivity index (χ3v) is 8.00. The van der Waals surface area contributed by atoms with E-state index in [4.69, 9.17) is 9.84 Å². The number of ether oxygens (including phenoxy) is 1. The van der Waals surface area contributed by atoms with Crippen molar-refractivity contribution < 1.29 is 4.74 Å². The number of likely N-dealkylation sites (N-methyl/N-ethyl adjacent to an activating group) is 1. The van der Waals surface area contributed by atoms with E-state index in [1.165, 1.54) is 47.8 Å². The van der Waals surface area contributed by atoms with E-state index < -0.39 is 0 Å². The average Bonchev–Trinajstić information content (AvgIpc) is 2.75. The van der Waals surface area contributed by atoms with Crippen molar-refractivity contribution in [3.05, 3.63) is 15.5 Å². The van der Waals surface area contributed by atoms with Crippen molar-refractivity contribution in [2.24, 2.45) is 16.2 Å². The summed E-state index contributed by atoms with van der Waals surface area (Å²) < 4.78 is 10.2. The molecule has 4 aliphatic rings. The van der Waals surface area contributed by atoms with Gasteiger partial charge in [-0.25, -0.2) is 0 Å². The van der Waals surface area contributed by atoms with Crippen molar-refractivity contribution in [3.8, 4) is 0 Å². The quantitative estimate of drug-likeness (QED) is 0.516. The van der Waals surface area contributed by atoms with Gasteiger partial charge < -0.3 is 10.1 Å². The molecule has 1 aromatic rings. The molecule has 2 atom stereocenters. The number of halogens is 1. The molecule has 1 heterocycles. The van der Waals surface area contributed by atoms with Crippen LogP contribution in [-0.2, 0) is 11.3 Å². The van der Waals surface area contributed by atoms with Crippen LogP contribution in [0.3, 0.4) is 0 Å². The fourth-order valence-electron chi connectivity index (χ4n) is 7.42. The Kier molecular flexibility index (Phi) is 4.32. The van der Waals surface area contributed by atoms with Crippen LogP contribution >= 0.6 is 22.6 Å². The first-order valence-corrected chi connectivity index (χ1v) is 10.7. The highest BCUT2D eigenvalue weighted by Crippen LogP contribution is 2.72. The van der Waals surface area contributed by atoms with Crippen molar-refractivity contribution in [2.45, 2.75) is 71.4 Å². The normalized spacial score (nSPS) is 42.3. The molecule has 4 saturated carbocycles. The number of nitrogens with one attached hydrogen (secondary N) is 1. The van der Waals surface area contributed by atoms with Gasteiger partial charge in [-0.2, -0.15) is 5.10 Å². The van der Waals surface area contributed by atoms with E-state index in [9.17, 15) is 0 Å². The molecule has 0 aliphatic heterocycles. The maximum Gasteiger partial charge on any atom is 0.0699 e. The van der Waals surface area contributed by atoms with E-state index in [-0.39, 0.29) is 5.60 Å². The Labute approximate surface area is 165 Å². The Bertz CT molecular complexity index is 652. The maximum absolute atomic E-state index is 6.62. The van der Waals surface area contributed by atoms with Crippen LogP contribution in [0, 0.1) is 26.7 Å². The first-order chi connectivity index (χ1) is 11.7. The molecule has 25 heavy (non-hydrogen) atoms. The minimum absolute atomic E-state index is 0.0866. The summed E-state index contributed by atoms with van der Waals surface area (Å²) in [5, 5.41) is 7.93. The lowest BCUT2D eigenvalue weighted by Gasteiger charge is -2.69. The van der Waals surface area contributed by atoms with Crippen LogP contribution in [0.2, 0.25) is 0 Å². The Morgan fingerprint density at radius 2 is 1.84 bits per heavy atom. The number of rotatable bonds is 6. The summed E-state index contributed by atoms with van der Waals surface area (Å²) in [5.74, 6) is 0. The summed E-state index contributed by atoms with van der Waals surface area (Å²) in [6.07, 6.45) is 9.76. The lowest BCUT2D eigenvalue weighted by molar-refractivity contribution is -0.247. The van der Waals surface area contributed by atoms with Gasteiger partial charge in [-0.1, -0.05) is 13.8 Å². The lowest BCUT2D eigenvalue weighted by atomic mass is 9.39. The van der Waals surface area contributed by atoms with E-state index in [1.807, 2.05) is 13.2 Å². The van der Waals surface area contributed by atoms with Gasteiger partial charge in [0.1, 0.15) is 0 Å². The average molecular weight is 457 g/mol. The standard InChI is InChI=1S/C20H32IN3O/c1-15-16(21)7-23-24(15)14-19-9-17(2)8-18(3,10-19)12-20(11-17,13-19)25-6-5-22-4/h7,22H,5-6,8-14H2,1-4H3. The van der Waals surface area contributed by atoms with Crippen LogP contribution in [0.5, 0.6) is 0 Å². The zero-order chi connectivity index (χ0) is 17.9. The molecule has 5 heteroatoms. The molecule has 4 aliphatic carbocycles. The predicted molar refractivity (Wildman–Crippen MR) is 109 cm³/mol. The molecule has 0 saturated heterocycles. The summed E-state index contributed by atoms with van der Waals surface area (Å²) in [4.78, 5) is 0. The number of aromatic nitrogens is 2. The molecule has 1 aromatic heterocycles. The van der Waals surface area contributed by atoms with Crippen LogP contribution < -0.4 is 5.32 Å². The van der Waals surface area contributed by atoms with Gasteiger partial charge in [-0.05, 0) is 91.3 Å². The van der Waals surface area contributed by atoms with Crippen LogP contribution in [0.1, 0.15) is 58.1 Å². The molecule has 2 unspecified atom stereocenters. The third-order valence-electron chi connectivity index (χ3n) is 6.94. The second-order valence-corrected chi connectivity index (χ2v) is 11.2. The van der Waals surface area contributed by atoms with Crippen molar-refractivity contribution in [1.29, 1.82) is 0 Å². The molecule has 0 spiro atoms. The van der Waals surface area contributed by atoms with E-state index in [0.29, 0.717) is 16.2 Å². The fourth-order valence-corrected chi connectivity index (χ4v) is 7.82. The lowest BCUT2D eigenvalue weighted by Crippen LogP contribution is -2.64. The van der Waals surface area contributed by atoms with Gasteiger partial charge in [0.2, 0.25) is 0 Å². The van der Waals surface area contributed by atoms with Gasteiger partial charge in [0.25, 0.3) is 0 Å². The summed E-state index contributed by atoms with van der Waals surface area (Å²) in [5.41, 5.74) is 2.60. The molecule has 140 valence electrons. The first-order valence-electron chi connectivity index (χ1n) is 9.67. The zero-order valence-corrected chi connectivity index (χ0v) is 18.3. The Morgan fingerprint density at radius 3 is 2.40 bits per heavy atom. The van der Waals surface area contributed by atoms with Gasteiger partial charge in [0.05, 0.1) is 22.0 Å². The highest BCUT2D eigenvalue weighted by Gasteiger charge is 2.66. The molecular weight excluding hydrogens is 425 g/mol. The van der Waals surface area contributed by atoms with Crippen molar-refractivity contribution in [2.75, 3.05) is 20.2 Å². The van der Waals surface area contributed by atoms with E-state index in [1.54, 1.807) is 0 Å². The molecule has 0 radical (unpaired) electrons. The summed E-state index contributed by atoms with van der Waals surface area (Å²) in [6, 6.07) is 0. The second kappa shape index (κ2) is 5.93. The van der Waals surface area contributed by atoms with Crippen LogP contribution in [0.4, 0.5) is 0 Å². The van der Waals surface area contributed by atoms with Gasteiger partial charge in [-0.15, -0.1) is 0 Å². The SMILES string of the molecule is CNCCOC12CC3(C)CC(C)(CC(Cn4ncc(I)c4C)(C3)C1)C2. The Hall–Kier alpha value is -0.140. The number of hydrogen-bond acceptors (Lipinski definition) is 3. The second-order valence-electron chi connectivity index (χ2n) is 10.1. The molecule has 5 rings (SSSR count). The van der Waals surface area contributed by atoms with Gasteiger partial charge in [-0.3, -0.25) is 4.68 Å². The molecule has 1 N–H and O–H groups in total. The molecular formula is C20H32IN3O. The Balaban J connectivity index is 1.65.